The Bertz CT molecular complexity index is 695. The number of rotatable bonds is 4. The first kappa shape index (κ1) is 18.9. The summed E-state index contributed by atoms with van der Waals surface area (Å²) in [6.07, 6.45) is 3.09. The van der Waals surface area contributed by atoms with Crippen LogP contribution in [0.1, 0.15) is 33.3 Å². The van der Waals surface area contributed by atoms with Crippen molar-refractivity contribution in [2.24, 2.45) is 0 Å². The topological polar surface area (TPSA) is 55.4 Å². The number of benzene rings is 1. The van der Waals surface area contributed by atoms with Gasteiger partial charge in [-0.3, -0.25) is 0 Å². The third kappa shape index (κ3) is 3.91. The third-order valence-corrected chi connectivity index (χ3v) is 5.12. The maximum Gasteiger partial charge on any atom is 0.164 e. The van der Waals surface area contributed by atoms with Crippen LogP contribution >= 0.6 is 0 Å². The summed E-state index contributed by atoms with van der Waals surface area (Å²) in [6.45, 7) is 8.18. The Morgan fingerprint density at radius 3 is 2.26 bits per heavy atom. The summed E-state index contributed by atoms with van der Waals surface area (Å²) in [4.78, 5) is 0. The first-order chi connectivity index (χ1) is 12.8. The Labute approximate surface area is 160 Å². The van der Waals surface area contributed by atoms with Crippen LogP contribution in [0.5, 0.6) is 5.75 Å². The zero-order valence-corrected chi connectivity index (χ0v) is 16.5. The molecule has 6 heteroatoms. The molecular formula is C21H28O6. The lowest BCUT2D eigenvalue weighted by Gasteiger charge is -2.26. The van der Waals surface area contributed by atoms with Crippen LogP contribution in [0, 0.1) is 0 Å². The standard InChI is InChI=1S/C21H28O6/c1-20(2)23-12-16(25-20)17-19-18(26-21(3,4)27-19)15(24-17)11-8-13-6-9-14(22-5)10-7-13/h6-11,15-19H,12H2,1-5H3/b11-8+/t15-,16-,17-,18-,19+/m1/s1. The van der Waals surface area contributed by atoms with E-state index in [1.54, 1.807) is 7.11 Å². The minimum absolute atomic E-state index is 0.174. The summed E-state index contributed by atoms with van der Waals surface area (Å²) in [5.41, 5.74) is 1.07. The monoisotopic (exact) mass is 376 g/mol. The van der Waals surface area contributed by atoms with Crippen molar-refractivity contribution in [2.75, 3.05) is 13.7 Å². The number of methoxy groups -OCH3 is 1. The predicted octanol–water partition coefficient (Wildman–Crippen LogP) is 3.15. The molecule has 0 aliphatic carbocycles. The van der Waals surface area contributed by atoms with Gasteiger partial charge < -0.3 is 28.4 Å². The van der Waals surface area contributed by atoms with Crippen molar-refractivity contribution in [1.29, 1.82) is 0 Å². The molecule has 0 N–H and O–H groups in total. The van der Waals surface area contributed by atoms with Gasteiger partial charge in [0.2, 0.25) is 0 Å². The SMILES string of the molecule is COc1ccc(/C=C/[C@H]2O[C@H]([C@H]3COC(C)(C)O3)[C@@H]3OC(C)(C)O[C@@H]32)cc1. The molecule has 0 unspecified atom stereocenters. The summed E-state index contributed by atoms with van der Waals surface area (Å²) in [6, 6.07) is 7.88. The summed E-state index contributed by atoms with van der Waals surface area (Å²) < 4.78 is 35.5. The molecule has 1 aromatic rings. The van der Waals surface area contributed by atoms with E-state index in [-0.39, 0.29) is 30.5 Å². The average Bonchev–Trinajstić information content (AvgIpc) is 3.23. The lowest BCUT2D eigenvalue weighted by Crippen LogP contribution is -2.40. The predicted molar refractivity (Wildman–Crippen MR) is 99.4 cm³/mol. The Kier molecular flexibility index (Phi) is 4.81. The van der Waals surface area contributed by atoms with Gasteiger partial charge in [0.1, 0.15) is 36.3 Å². The molecule has 27 heavy (non-hydrogen) atoms. The van der Waals surface area contributed by atoms with Crippen molar-refractivity contribution in [3.05, 3.63) is 35.9 Å². The molecule has 0 aromatic heterocycles. The second kappa shape index (κ2) is 6.87. The second-order valence-electron chi connectivity index (χ2n) is 8.13. The minimum atomic E-state index is -0.640. The fourth-order valence-corrected chi connectivity index (χ4v) is 3.91. The van der Waals surface area contributed by atoms with E-state index < -0.39 is 11.6 Å². The molecule has 0 saturated carbocycles. The summed E-state index contributed by atoms with van der Waals surface area (Å²) in [5.74, 6) is -0.409. The molecular weight excluding hydrogens is 348 g/mol. The summed E-state index contributed by atoms with van der Waals surface area (Å²) in [5, 5.41) is 0. The Morgan fingerprint density at radius 1 is 0.926 bits per heavy atom. The van der Waals surface area contributed by atoms with Crippen molar-refractivity contribution in [3.8, 4) is 5.75 Å². The van der Waals surface area contributed by atoms with Gasteiger partial charge in [-0.25, -0.2) is 0 Å². The fourth-order valence-electron chi connectivity index (χ4n) is 3.91. The second-order valence-corrected chi connectivity index (χ2v) is 8.13. The van der Waals surface area contributed by atoms with Gasteiger partial charge in [-0.15, -0.1) is 0 Å². The molecule has 3 aliphatic rings. The number of hydrogen-bond donors (Lipinski definition) is 0. The van der Waals surface area contributed by atoms with Crippen LogP contribution in [0.25, 0.3) is 6.08 Å². The van der Waals surface area contributed by atoms with E-state index in [4.69, 9.17) is 28.4 Å². The number of hydrogen-bond acceptors (Lipinski definition) is 6. The third-order valence-electron chi connectivity index (χ3n) is 5.12. The van der Waals surface area contributed by atoms with Crippen molar-refractivity contribution in [3.63, 3.8) is 0 Å². The molecule has 3 aliphatic heterocycles. The molecule has 6 nitrogen and oxygen atoms in total. The first-order valence-corrected chi connectivity index (χ1v) is 9.41. The van der Waals surface area contributed by atoms with Gasteiger partial charge in [-0.05, 0) is 45.4 Å². The largest absolute Gasteiger partial charge is 0.497 e. The van der Waals surface area contributed by atoms with E-state index in [1.807, 2.05) is 64.1 Å². The van der Waals surface area contributed by atoms with E-state index >= 15 is 0 Å². The van der Waals surface area contributed by atoms with Crippen LogP contribution in [-0.4, -0.2) is 55.8 Å². The molecule has 3 fully saturated rings. The Morgan fingerprint density at radius 2 is 1.63 bits per heavy atom. The summed E-state index contributed by atoms with van der Waals surface area (Å²) in [7, 11) is 1.66. The molecule has 1 aromatic carbocycles. The molecule has 0 amide bonds. The van der Waals surface area contributed by atoms with Crippen LogP contribution in [0.15, 0.2) is 30.3 Å². The Balaban J connectivity index is 1.51. The van der Waals surface area contributed by atoms with Gasteiger partial charge in [0.15, 0.2) is 11.6 Å². The molecule has 5 atom stereocenters. The highest BCUT2D eigenvalue weighted by Crippen LogP contribution is 2.42. The van der Waals surface area contributed by atoms with Crippen molar-refractivity contribution >= 4 is 6.08 Å². The molecule has 3 saturated heterocycles. The molecule has 4 rings (SSSR count). The van der Waals surface area contributed by atoms with Crippen LogP contribution in [0.2, 0.25) is 0 Å². The van der Waals surface area contributed by atoms with Crippen LogP contribution < -0.4 is 4.74 Å². The normalized spacial score (nSPS) is 37.0. The van der Waals surface area contributed by atoms with E-state index in [1.165, 1.54) is 0 Å². The number of fused-ring (bicyclic) bond motifs is 1. The minimum Gasteiger partial charge on any atom is -0.497 e. The molecule has 0 spiro atoms. The van der Waals surface area contributed by atoms with E-state index in [9.17, 15) is 0 Å². The first-order valence-electron chi connectivity index (χ1n) is 9.41. The highest BCUT2D eigenvalue weighted by atomic mass is 16.8. The van der Waals surface area contributed by atoms with E-state index in [0.717, 1.165) is 11.3 Å². The highest BCUT2D eigenvalue weighted by Gasteiger charge is 2.58. The van der Waals surface area contributed by atoms with Gasteiger partial charge in [-0.2, -0.15) is 0 Å². The lowest BCUT2D eigenvalue weighted by atomic mass is 10.0. The lowest BCUT2D eigenvalue weighted by molar-refractivity contribution is -0.201. The van der Waals surface area contributed by atoms with Crippen molar-refractivity contribution < 1.29 is 28.4 Å². The van der Waals surface area contributed by atoms with Crippen LogP contribution in [0.4, 0.5) is 0 Å². The van der Waals surface area contributed by atoms with Crippen molar-refractivity contribution in [1.82, 2.24) is 0 Å². The highest BCUT2D eigenvalue weighted by molar-refractivity contribution is 5.51. The smallest absolute Gasteiger partial charge is 0.164 e. The molecule has 148 valence electrons. The quantitative estimate of drug-likeness (QED) is 0.805. The molecule has 3 heterocycles. The fraction of sp³-hybridized carbons (Fsp3) is 0.619. The van der Waals surface area contributed by atoms with Gasteiger partial charge in [0, 0.05) is 0 Å². The van der Waals surface area contributed by atoms with Gasteiger partial charge in [0.25, 0.3) is 0 Å². The summed E-state index contributed by atoms with van der Waals surface area (Å²) >= 11 is 0. The number of ether oxygens (including phenoxy) is 6. The van der Waals surface area contributed by atoms with Crippen LogP contribution in [0.3, 0.4) is 0 Å². The zero-order chi connectivity index (χ0) is 19.2. The molecule has 0 radical (unpaired) electrons. The zero-order valence-electron chi connectivity index (χ0n) is 16.5. The van der Waals surface area contributed by atoms with Gasteiger partial charge in [-0.1, -0.05) is 24.3 Å². The average molecular weight is 376 g/mol. The van der Waals surface area contributed by atoms with Crippen molar-refractivity contribution in [2.45, 2.75) is 69.8 Å². The van der Waals surface area contributed by atoms with Crippen LogP contribution in [-0.2, 0) is 23.7 Å². The van der Waals surface area contributed by atoms with Gasteiger partial charge >= 0.3 is 0 Å². The molecule has 0 bridgehead atoms. The van der Waals surface area contributed by atoms with E-state index in [2.05, 4.69) is 0 Å². The maximum atomic E-state index is 6.30. The Hall–Kier alpha value is -1.44. The van der Waals surface area contributed by atoms with Gasteiger partial charge in [0.05, 0.1) is 13.7 Å². The van der Waals surface area contributed by atoms with E-state index in [0.29, 0.717) is 6.61 Å². The maximum absolute atomic E-state index is 6.30.